The first-order valence-corrected chi connectivity index (χ1v) is 6.76. The summed E-state index contributed by atoms with van der Waals surface area (Å²) >= 11 is 0. The second kappa shape index (κ2) is 4.89. The third-order valence-electron chi connectivity index (χ3n) is 3.64. The molecule has 0 bridgehead atoms. The molecule has 0 saturated heterocycles. The SMILES string of the molecule is Cc1nn(C)c(Nc2ccc3c(c2)CCCN3)c1C#N. The Kier molecular flexibility index (Phi) is 3.07. The zero-order valence-electron chi connectivity index (χ0n) is 11.7. The van der Waals surface area contributed by atoms with Crippen LogP contribution < -0.4 is 10.6 Å². The van der Waals surface area contributed by atoms with Crippen molar-refractivity contribution >= 4 is 17.2 Å². The summed E-state index contributed by atoms with van der Waals surface area (Å²) in [6, 6.07) is 8.47. The summed E-state index contributed by atoms with van der Waals surface area (Å²) in [6.45, 7) is 2.89. The van der Waals surface area contributed by atoms with Crippen LogP contribution in [0.3, 0.4) is 0 Å². The Morgan fingerprint density at radius 1 is 1.45 bits per heavy atom. The number of hydrogen-bond donors (Lipinski definition) is 2. The Hall–Kier alpha value is -2.48. The van der Waals surface area contributed by atoms with Crippen molar-refractivity contribution in [3.05, 3.63) is 35.0 Å². The van der Waals surface area contributed by atoms with Gasteiger partial charge in [-0.3, -0.25) is 4.68 Å². The van der Waals surface area contributed by atoms with Crippen LogP contribution in [0.25, 0.3) is 0 Å². The van der Waals surface area contributed by atoms with Gasteiger partial charge in [-0.1, -0.05) is 0 Å². The van der Waals surface area contributed by atoms with Crippen molar-refractivity contribution in [2.24, 2.45) is 7.05 Å². The van der Waals surface area contributed by atoms with Gasteiger partial charge in [-0.2, -0.15) is 10.4 Å². The lowest BCUT2D eigenvalue weighted by Gasteiger charge is -2.19. The molecule has 1 aromatic carbocycles. The Balaban J connectivity index is 1.94. The number of rotatable bonds is 2. The summed E-state index contributed by atoms with van der Waals surface area (Å²) in [5.41, 5.74) is 4.87. The normalized spacial score (nSPS) is 13.2. The summed E-state index contributed by atoms with van der Waals surface area (Å²) in [4.78, 5) is 0. The summed E-state index contributed by atoms with van der Waals surface area (Å²) in [5, 5.41) is 20.2. The van der Waals surface area contributed by atoms with Gasteiger partial charge in [0.2, 0.25) is 0 Å². The molecular formula is C15H17N5. The lowest BCUT2D eigenvalue weighted by molar-refractivity contribution is 0.765. The Morgan fingerprint density at radius 2 is 2.30 bits per heavy atom. The maximum Gasteiger partial charge on any atom is 0.146 e. The molecule has 20 heavy (non-hydrogen) atoms. The summed E-state index contributed by atoms with van der Waals surface area (Å²) in [6.07, 6.45) is 2.25. The van der Waals surface area contributed by atoms with Crippen LogP contribution in [0.4, 0.5) is 17.2 Å². The highest BCUT2D eigenvalue weighted by molar-refractivity contribution is 5.68. The van der Waals surface area contributed by atoms with Gasteiger partial charge in [-0.15, -0.1) is 0 Å². The molecule has 5 heteroatoms. The molecule has 5 nitrogen and oxygen atoms in total. The number of benzene rings is 1. The fourth-order valence-corrected chi connectivity index (χ4v) is 2.62. The molecule has 2 N–H and O–H groups in total. The van der Waals surface area contributed by atoms with E-state index in [2.05, 4.69) is 33.9 Å². The minimum Gasteiger partial charge on any atom is -0.385 e. The van der Waals surface area contributed by atoms with Gasteiger partial charge in [-0.05, 0) is 43.5 Å². The number of nitriles is 1. The number of anilines is 3. The smallest absolute Gasteiger partial charge is 0.146 e. The molecule has 1 aliphatic rings. The number of nitrogens with one attached hydrogen (secondary N) is 2. The third-order valence-corrected chi connectivity index (χ3v) is 3.64. The largest absolute Gasteiger partial charge is 0.385 e. The van der Waals surface area contributed by atoms with Gasteiger partial charge in [0.1, 0.15) is 17.5 Å². The molecule has 0 amide bonds. The quantitative estimate of drug-likeness (QED) is 0.878. The van der Waals surface area contributed by atoms with E-state index in [-0.39, 0.29) is 0 Å². The van der Waals surface area contributed by atoms with Crippen molar-refractivity contribution in [3.63, 3.8) is 0 Å². The van der Waals surface area contributed by atoms with E-state index in [1.165, 1.54) is 11.3 Å². The molecule has 102 valence electrons. The monoisotopic (exact) mass is 267 g/mol. The molecule has 1 aliphatic heterocycles. The molecule has 0 unspecified atom stereocenters. The Bertz CT molecular complexity index is 693. The third kappa shape index (κ3) is 2.10. The Morgan fingerprint density at radius 3 is 3.10 bits per heavy atom. The number of nitrogens with zero attached hydrogens (tertiary/aromatic N) is 3. The summed E-state index contributed by atoms with van der Waals surface area (Å²) in [7, 11) is 1.84. The van der Waals surface area contributed by atoms with Gasteiger partial charge in [0.25, 0.3) is 0 Å². The van der Waals surface area contributed by atoms with Gasteiger partial charge >= 0.3 is 0 Å². The molecular weight excluding hydrogens is 250 g/mol. The molecule has 0 atom stereocenters. The Labute approximate surface area is 118 Å². The van der Waals surface area contributed by atoms with Gasteiger partial charge in [0.05, 0.1) is 5.69 Å². The standard InChI is InChI=1S/C15H17N5/c1-10-13(9-16)15(20(2)19-10)18-12-5-6-14-11(8-12)4-3-7-17-14/h5-6,8,17-18H,3-4,7H2,1-2H3. The van der Waals surface area contributed by atoms with Crippen molar-refractivity contribution in [1.82, 2.24) is 9.78 Å². The van der Waals surface area contributed by atoms with Crippen molar-refractivity contribution in [1.29, 1.82) is 5.26 Å². The highest BCUT2D eigenvalue weighted by Gasteiger charge is 2.14. The number of fused-ring (bicyclic) bond motifs is 1. The van der Waals surface area contributed by atoms with E-state index >= 15 is 0 Å². The van der Waals surface area contributed by atoms with Crippen LogP contribution in [0.5, 0.6) is 0 Å². The van der Waals surface area contributed by atoms with Gasteiger partial charge < -0.3 is 10.6 Å². The molecule has 0 fully saturated rings. The van der Waals surface area contributed by atoms with Crippen LogP contribution in [0.2, 0.25) is 0 Å². The molecule has 1 aromatic heterocycles. The maximum absolute atomic E-state index is 9.23. The lowest BCUT2D eigenvalue weighted by atomic mass is 10.0. The first-order valence-electron chi connectivity index (χ1n) is 6.76. The minimum absolute atomic E-state index is 0.600. The fourth-order valence-electron chi connectivity index (χ4n) is 2.62. The minimum atomic E-state index is 0.600. The van der Waals surface area contributed by atoms with E-state index in [0.29, 0.717) is 5.56 Å². The number of aromatic nitrogens is 2. The van der Waals surface area contributed by atoms with Gasteiger partial charge in [0, 0.05) is 25.0 Å². The first-order chi connectivity index (χ1) is 9.69. The fraction of sp³-hybridized carbons (Fsp3) is 0.333. The van der Waals surface area contributed by atoms with Crippen LogP contribution in [-0.4, -0.2) is 16.3 Å². The average Bonchev–Trinajstić information content (AvgIpc) is 2.72. The van der Waals surface area contributed by atoms with Crippen LogP contribution >= 0.6 is 0 Å². The van der Waals surface area contributed by atoms with E-state index in [1.807, 2.05) is 20.0 Å². The summed E-state index contributed by atoms with van der Waals surface area (Å²) < 4.78 is 1.71. The first kappa shape index (κ1) is 12.5. The zero-order chi connectivity index (χ0) is 14.1. The number of hydrogen-bond acceptors (Lipinski definition) is 4. The van der Waals surface area contributed by atoms with E-state index in [4.69, 9.17) is 0 Å². The van der Waals surface area contributed by atoms with Crippen molar-refractivity contribution in [3.8, 4) is 6.07 Å². The van der Waals surface area contributed by atoms with Crippen LogP contribution in [-0.2, 0) is 13.5 Å². The molecule has 0 saturated carbocycles. The average molecular weight is 267 g/mol. The van der Waals surface area contributed by atoms with Crippen LogP contribution in [0.1, 0.15) is 23.2 Å². The van der Waals surface area contributed by atoms with Crippen molar-refractivity contribution in [2.75, 3.05) is 17.2 Å². The second-order valence-corrected chi connectivity index (χ2v) is 5.07. The van der Waals surface area contributed by atoms with Crippen LogP contribution in [0.15, 0.2) is 18.2 Å². The predicted octanol–water partition coefficient (Wildman–Crippen LogP) is 2.70. The van der Waals surface area contributed by atoms with E-state index < -0.39 is 0 Å². The molecule has 0 spiro atoms. The van der Waals surface area contributed by atoms with Crippen LogP contribution in [0, 0.1) is 18.3 Å². The summed E-state index contributed by atoms with van der Waals surface area (Å²) in [5.74, 6) is 0.744. The van der Waals surface area contributed by atoms with Crippen molar-refractivity contribution < 1.29 is 0 Å². The topological polar surface area (TPSA) is 65.7 Å². The molecule has 0 radical (unpaired) electrons. The zero-order valence-corrected chi connectivity index (χ0v) is 11.7. The van der Waals surface area contributed by atoms with E-state index in [0.717, 1.165) is 36.6 Å². The van der Waals surface area contributed by atoms with E-state index in [9.17, 15) is 5.26 Å². The molecule has 3 rings (SSSR count). The van der Waals surface area contributed by atoms with Gasteiger partial charge in [0.15, 0.2) is 0 Å². The van der Waals surface area contributed by atoms with E-state index in [1.54, 1.807) is 4.68 Å². The highest BCUT2D eigenvalue weighted by atomic mass is 15.3. The molecule has 2 heterocycles. The molecule has 2 aromatic rings. The second-order valence-electron chi connectivity index (χ2n) is 5.07. The number of aryl methyl sites for hydroxylation is 3. The van der Waals surface area contributed by atoms with Crippen molar-refractivity contribution in [2.45, 2.75) is 19.8 Å². The lowest BCUT2D eigenvalue weighted by Crippen LogP contribution is -2.11. The molecule has 0 aliphatic carbocycles. The highest BCUT2D eigenvalue weighted by Crippen LogP contribution is 2.28. The van der Waals surface area contributed by atoms with Gasteiger partial charge in [-0.25, -0.2) is 0 Å². The maximum atomic E-state index is 9.23. The predicted molar refractivity (Wildman–Crippen MR) is 79.2 cm³/mol.